The lowest BCUT2D eigenvalue weighted by molar-refractivity contribution is 0.372. The van der Waals surface area contributed by atoms with Crippen molar-refractivity contribution < 1.29 is 13.7 Å². The van der Waals surface area contributed by atoms with Gasteiger partial charge in [-0.15, -0.1) is 0 Å². The summed E-state index contributed by atoms with van der Waals surface area (Å²) in [7, 11) is 1.44. The first-order valence-corrected chi connectivity index (χ1v) is 8.33. The molecule has 0 spiro atoms. The summed E-state index contributed by atoms with van der Waals surface area (Å²) >= 11 is 0. The number of hydrogen-bond donors (Lipinski definition) is 2. The standard InChI is InChI=1S/C18H25FN4O2/c1-5-20-18(22-11-14-9-16(12(2)3)23-25-14)21-10-13-6-7-17(24-4)15(19)8-13/h6-9,12H,5,10-11H2,1-4H3,(H2,20,21,22). The number of guanidine groups is 1. The van der Waals surface area contributed by atoms with E-state index in [1.165, 1.54) is 13.2 Å². The smallest absolute Gasteiger partial charge is 0.191 e. The van der Waals surface area contributed by atoms with Crippen molar-refractivity contribution in [3.8, 4) is 5.75 Å². The number of benzene rings is 1. The summed E-state index contributed by atoms with van der Waals surface area (Å²) in [6.07, 6.45) is 0. The molecule has 0 saturated heterocycles. The van der Waals surface area contributed by atoms with Crippen LogP contribution in [0.5, 0.6) is 5.75 Å². The van der Waals surface area contributed by atoms with Crippen LogP contribution in [0.15, 0.2) is 33.8 Å². The van der Waals surface area contributed by atoms with E-state index in [1.54, 1.807) is 12.1 Å². The largest absolute Gasteiger partial charge is 0.494 e. The molecule has 0 fully saturated rings. The van der Waals surface area contributed by atoms with E-state index in [1.807, 2.05) is 13.0 Å². The maximum absolute atomic E-state index is 13.7. The number of nitrogens with zero attached hydrogens (tertiary/aromatic N) is 2. The molecule has 0 unspecified atom stereocenters. The highest BCUT2D eigenvalue weighted by molar-refractivity contribution is 5.79. The van der Waals surface area contributed by atoms with Gasteiger partial charge in [0.25, 0.3) is 0 Å². The Morgan fingerprint density at radius 2 is 2.12 bits per heavy atom. The van der Waals surface area contributed by atoms with Gasteiger partial charge in [-0.1, -0.05) is 25.1 Å². The molecular weight excluding hydrogens is 323 g/mol. The van der Waals surface area contributed by atoms with Crippen LogP contribution in [0.2, 0.25) is 0 Å². The molecule has 0 bridgehead atoms. The average Bonchev–Trinajstić information content (AvgIpc) is 3.07. The van der Waals surface area contributed by atoms with Gasteiger partial charge in [-0.2, -0.15) is 0 Å². The molecule has 136 valence electrons. The molecule has 0 aliphatic rings. The number of ether oxygens (including phenoxy) is 1. The molecule has 0 radical (unpaired) electrons. The van der Waals surface area contributed by atoms with E-state index in [0.29, 0.717) is 25.0 Å². The second-order valence-corrected chi connectivity index (χ2v) is 5.89. The van der Waals surface area contributed by atoms with Crippen LogP contribution in [0.1, 0.15) is 43.7 Å². The first-order chi connectivity index (χ1) is 12.0. The number of rotatable bonds is 7. The van der Waals surface area contributed by atoms with Crippen molar-refractivity contribution in [3.63, 3.8) is 0 Å². The SMILES string of the molecule is CCNC(=NCc1ccc(OC)c(F)c1)NCc1cc(C(C)C)no1. The number of aromatic nitrogens is 1. The van der Waals surface area contributed by atoms with Gasteiger partial charge in [0, 0.05) is 12.6 Å². The van der Waals surface area contributed by atoms with Crippen molar-refractivity contribution in [2.75, 3.05) is 13.7 Å². The fourth-order valence-electron chi connectivity index (χ4n) is 2.18. The van der Waals surface area contributed by atoms with E-state index in [0.717, 1.165) is 23.6 Å². The van der Waals surface area contributed by atoms with Crippen molar-refractivity contribution in [2.45, 2.75) is 39.8 Å². The van der Waals surface area contributed by atoms with Crippen LogP contribution in [0.4, 0.5) is 4.39 Å². The third-order valence-corrected chi connectivity index (χ3v) is 3.58. The van der Waals surface area contributed by atoms with Crippen molar-refractivity contribution in [2.24, 2.45) is 4.99 Å². The van der Waals surface area contributed by atoms with Gasteiger partial charge in [0.1, 0.15) is 0 Å². The average molecular weight is 348 g/mol. The molecule has 0 saturated carbocycles. The fourth-order valence-corrected chi connectivity index (χ4v) is 2.18. The van der Waals surface area contributed by atoms with Crippen LogP contribution in [0, 0.1) is 5.82 Å². The normalized spacial score (nSPS) is 11.7. The maximum atomic E-state index is 13.7. The highest BCUT2D eigenvalue weighted by Gasteiger charge is 2.08. The van der Waals surface area contributed by atoms with Gasteiger partial charge in [-0.3, -0.25) is 0 Å². The molecule has 6 nitrogen and oxygen atoms in total. The van der Waals surface area contributed by atoms with Gasteiger partial charge < -0.3 is 19.9 Å². The lowest BCUT2D eigenvalue weighted by Gasteiger charge is -2.10. The molecule has 25 heavy (non-hydrogen) atoms. The van der Waals surface area contributed by atoms with Crippen molar-refractivity contribution in [1.29, 1.82) is 0 Å². The molecule has 2 rings (SSSR count). The lowest BCUT2D eigenvalue weighted by Crippen LogP contribution is -2.36. The van der Waals surface area contributed by atoms with E-state index >= 15 is 0 Å². The van der Waals surface area contributed by atoms with Gasteiger partial charge in [0.05, 0.1) is 25.9 Å². The zero-order valence-corrected chi connectivity index (χ0v) is 15.1. The minimum Gasteiger partial charge on any atom is -0.494 e. The van der Waals surface area contributed by atoms with E-state index < -0.39 is 5.82 Å². The quantitative estimate of drug-likeness (QED) is 0.594. The summed E-state index contributed by atoms with van der Waals surface area (Å²) in [5, 5.41) is 10.4. The van der Waals surface area contributed by atoms with Crippen LogP contribution < -0.4 is 15.4 Å². The van der Waals surface area contributed by atoms with Gasteiger partial charge in [-0.05, 0) is 30.5 Å². The molecule has 2 aromatic rings. The molecule has 0 aliphatic carbocycles. The Labute approximate surface area is 147 Å². The van der Waals surface area contributed by atoms with Crippen LogP contribution in [-0.2, 0) is 13.1 Å². The van der Waals surface area contributed by atoms with Gasteiger partial charge in [0.15, 0.2) is 23.3 Å². The molecule has 2 N–H and O–H groups in total. The Balaban J connectivity index is 1.98. The second-order valence-electron chi connectivity index (χ2n) is 5.89. The minimum absolute atomic E-state index is 0.226. The van der Waals surface area contributed by atoms with Gasteiger partial charge >= 0.3 is 0 Å². The van der Waals surface area contributed by atoms with Crippen LogP contribution in [0.3, 0.4) is 0 Å². The Hall–Kier alpha value is -2.57. The number of halogens is 1. The summed E-state index contributed by atoms with van der Waals surface area (Å²) in [4.78, 5) is 4.46. The first-order valence-electron chi connectivity index (χ1n) is 8.33. The molecule has 0 amide bonds. The third kappa shape index (κ3) is 5.48. The highest BCUT2D eigenvalue weighted by Crippen LogP contribution is 2.18. The first kappa shape index (κ1) is 18.8. The molecule has 1 aromatic heterocycles. The van der Waals surface area contributed by atoms with E-state index in [-0.39, 0.29) is 5.75 Å². The second kappa shape index (κ2) is 9.05. The van der Waals surface area contributed by atoms with E-state index in [2.05, 4.69) is 34.6 Å². The molecule has 0 atom stereocenters. The van der Waals surface area contributed by atoms with Crippen LogP contribution in [-0.4, -0.2) is 24.8 Å². The van der Waals surface area contributed by atoms with Gasteiger partial charge in [-0.25, -0.2) is 9.38 Å². The van der Waals surface area contributed by atoms with E-state index in [4.69, 9.17) is 9.26 Å². The topological polar surface area (TPSA) is 71.7 Å². The molecule has 1 heterocycles. The molecule has 0 aliphatic heterocycles. The Morgan fingerprint density at radius 3 is 2.72 bits per heavy atom. The zero-order chi connectivity index (χ0) is 18.2. The lowest BCUT2D eigenvalue weighted by atomic mass is 10.1. The molecular formula is C18H25FN4O2. The van der Waals surface area contributed by atoms with Crippen molar-refractivity contribution >= 4 is 5.96 Å². The number of hydrogen-bond acceptors (Lipinski definition) is 4. The predicted octanol–water partition coefficient (Wildman–Crippen LogP) is 3.20. The zero-order valence-electron chi connectivity index (χ0n) is 15.1. The Bertz CT molecular complexity index is 713. The van der Waals surface area contributed by atoms with Crippen LogP contribution in [0.25, 0.3) is 0 Å². The maximum Gasteiger partial charge on any atom is 0.191 e. The summed E-state index contributed by atoms with van der Waals surface area (Å²) < 4.78 is 24.0. The Kier molecular flexibility index (Phi) is 6.80. The summed E-state index contributed by atoms with van der Waals surface area (Å²) in [6.45, 7) is 7.65. The van der Waals surface area contributed by atoms with Crippen molar-refractivity contribution in [1.82, 2.24) is 15.8 Å². The van der Waals surface area contributed by atoms with E-state index in [9.17, 15) is 4.39 Å². The monoisotopic (exact) mass is 348 g/mol. The minimum atomic E-state index is -0.393. The number of nitrogens with one attached hydrogen (secondary N) is 2. The van der Waals surface area contributed by atoms with Gasteiger partial charge in [0.2, 0.25) is 0 Å². The molecule has 7 heteroatoms. The van der Waals surface area contributed by atoms with Crippen LogP contribution >= 0.6 is 0 Å². The predicted molar refractivity (Wildman–Crippen MR) is 95.2 cm³/mol. The fraction of sp³-hybridized carbons (Fsp3) is 0.444. The summed E-state index contributed by atoms with van der Waals surface area (Å²) in [6, 6.07) is 6.75. The number of methoxy groups -OCH3 is 1. The highest BCUT2D eigenvalue weighted by atomic mass is 19.1. The van der Waals surface area contributed by atoms with Crippen molar-refractivity contribution in [3.05, 3.63) is 47.1 Å². The number of aliphatic imine (C=N–C) groups is 1. The molecule has 1 aromatic carbocycles. The summed E-state index contributed by atoms with van der Waals surface area (Å²) in [5.74, 6) is 1.52. The Morgan fingerprint density at radius 1 is 1.32 bits per heavy atom. The summed E-state index contributed by atoms with van der Waals surface area (Å²) in [5.41, 5.74) is 1.68. The third-order valence-electron chi connectivity index (χ3n) is 3.58.